The van der Waals surface area contributed by atoms with E-state index in [1.54, 1.807) is 0 Å². The molecule has 2 rings (SSSR count). The Morgan fingerprint density at radius 3 is 2.07 bits per heavy atom. The number of hydrogen-bond donors (Lipinski definition) is 1. The molecule has 6 nitrogen and oxygen atoms in total. The summed E-state index contributed by atoms with van der Waals surface area (Å²) in [4.78, 5) is 36.2. The van der Waals surface area contributed by atoms with Crippen LogP contribution in [0.1, 0.15) is 59.4 Å². The van der Waals surface area contributed by atoms with Crippen LogP contribution in [0.25, 0.3) is 0 Å². The number of esters is 2. The van der Waals surface area contributed by atoms with Gasteiger partial charge >= 0.3 is 11.9 Å². The van der Waals surface area contributed by atoms with Crippen molar-refractivity contribution in [3.63, 3.8) is 0 Å². The third-order valence-electron chi connectivity index (χ3n) is 4.56. The van der Waals surface area contributed by atoms with E-state index >= 15 is 0 Å². The second-order valence-electron chi connectivity index (χ2n) is 6.50. The number of para-hydroxylation sites is 1. The van der Waals surface area contributed by atoms with Gasteiger partial charge in [0.25, 0.3) is 5.91 Å². The van der Waals surface area contributed by atoms with Crippen LogP contribution in [0.3, 0.4) is 0 Å². The van der Waals surface area contributed by atoms with Crippen LogP contribution in [-0.4, -0.2) is 31.1 Å². The Bertz CT molecular complexity index is 844. The lowest BCUT2D eigenvalue weighted by Crippen LogP contribution is -2.30. The molecule has 2 aromatic rings. The lowest BCUT2D eigenvalue weighted by atomic mass is 9.97. The quantitative estimate of drug-likeness (QED) is 0.726. The van der Waals surface area contributed by atoms with Gasteiger partial charge in [0, 0.05) is 5.69 Å². The number of methoxy groups -OCH3 is 1. The topological polar surface area (TPSA) is 81.7 Å². The van der Waals surface area contributed by atoms with E-state index in [1.807, 2.05) is 24.3 Å². The monoisotopic (exact) mass is 383 g/mol. The minimum atomic E-state index is -0.974. The first-order chi connectivity index (χ1) is 13.4. The zero-order valence-corrected chi connectivity index (χ0v) is 16.5. The maximum absolute atomic E-state index is 12.5. The summed E-state index contributed by atoms with van der Waals surface area (Å²) in [5.74, 6) is -1.25. The van der Waals surface area contributed by atoms with Gasteiger partial charge in [-0.05, 0) is 55.2 Å². The molecule has 0 radical (unpaired) electrons. The molecule has 0 unspecified atom stereocenters. The molecule has 0 aliphatic heterocycles. The van der Waals surface area contributed by atoms with Crippen LogP contribution in [0, 0.1) is 0 Å². The van der Waals surface area contributed by atoms with Crippen molar-refractivity contribution in [2.45, 2.75) is 39.2 Å². The fourth-order valence-corrected chi connectivity index (χ4v) is 2.64. The van der Waals surface area contributed by atoms with Gasteiger partial charge in [-0.15, -0.1) is 0 Å². The van der Waals surface area contributed by atoms with Crippen molar-refractivity contribution in [3.8, 4) is 0 Å². The smallest absolute Gasteiger partial charge is 0.338 e. The van der Waals surface area contributed by atoms with Gasteiger partial charge in [-0.1, -0.05) is 32.0 Å². The Labute approximate surface area is 164 Å². The Morgan fingerprint density at radius 1 is 0.929 bits per heavy atom. The maximum atomic E-state index is 12.5. The average Bonchev–Trinajstić information content (AvgIpc) is 2.72. The summed E-state index contributed by atoms with van der Waals surface area (Å²) in [5.41, 5.74) is 2.32. The highest BCUT2D eigenvalue weighted by Gasteiger charge is 2.21. The summed E-state index contributed by atoms with van der Waals surface area (Å²) in [6, 6.07) is 13.4. The van der Waals surface area contributed by atoms with Gasteiger partial charge in [-0.3, -0.25) is 4.79 Å². The molecule has 2 aromatic carbocycles. The Balaban J connectivity index is 2.02. The highest BCUT2D eigenvalue weighted by Crippen LogP contribution is 2.26. The zero-order valence-electron chi connectivity index (χ0n) is 16.5. The van der Waals surface area contributed by atoms with Gasteiger partial charge < -0.3 is 14.8 Å². The standard InChI is InChI=1S/C22H25NO5/c1-5-14(2)18-8-6-7-9-19(18)23-20(24)15(3)28-22(26)17-12-10-16(11-13-17)21(25)27-4/h6-15H,5H2,1-4H3,(H,23,24)/t14-,15+/m1/s1. The molecular formula is C22H25NO5. The predicted octanol–water partition coefficient (Wildman–Crippen LogP) is 4.17. The SMILES string of the molecule is CC[C@@H](C)c1ccccc1NC(=O)[C@H](C)OC(=O)c1ccc(C(=O)OC)cc1. The lowest BCUT2D eigenvalue weighted by molar-refractivity contribution is -0.123. The van der Waals surface area contributed by atoms with Gasteiger partial charge in [-0.2, -0.15) is 0 Å². The van der Waals surface area contributed by atoms with Gasteiger partial charge in [-0.25, -0.2) is 9.59 Å². The molecule has 0 saturated carbocycles. The van der Waals surface area contributed by atoms with Crippen LogP contribution in [-0.2, 0) is 14.3 Å². The number of anilines is 1. The summed E-state index contributed by atoms with van der Waals surface area (Å²) in [6.07, 6.45) is -0.0308. The molecule has 1 amide bonds. The molecule has 2 atom stereocenters. The van der Waals surface area contributed by atoms with E-state index in [-0.39, 0.29) is 5.56 Å². The van der Waals surface area contributed by atoms with E-state index in [0.29, 0.717) is 17.2 Å². The van der Waals surface area contributed by atoms with Crippen LogP contribution < -0.4 is 5.32 Å². The molecule has 0 aromatic heterocycles. The van der Waals surface area contributed by atoms with Crippen molar-refractivity contribution in [1.82, 2.24) is 0 Å². The van der Waals surface area contributed by atoms with Crippen molar-refractivity contribution in [2.75, 3.05) is 12.4 Å². The summed E-state index contributed by atoms with van der Waals surface area (Å²) in [6.45, 7) is 5.69. The van der Waals surface area contributed by atoms with E-state index in [4.69, 9.17) is 4.74 Å². The Hall–Kier alpha value is -3.15. The number of nitrogens with one attached hydrogen (secondary N) is 1. The number of carbonyl (C=O) groups is 3. The number of benzene rings is 2. The zero-order chi connectivity index (χ0) is 20.7. The molecule has 148 valence electrons. The van der Waals surface area contributed by atoms with Crippen LogP contribution in [0.15, 0.2) is 48.5 Å². The van der Waals surface area contributed by atoms with Crippen molar-refractivity contribution in [1.29, 1.82) is 0 Å². The van der Waals surface area contributed by atoms with E-state index in [2.05, 4.69) is 23.9 Å². The number of carbonyl (C=O) groups excluding carboxylic acids is 3. The molecule has 6 heteroatoms. The highest BCUT2D eigenvalue weighted by atomic mass is 16.5. The predicted molar refractivity (Wildman–Crippen MR) is 106 cm³/mol. The minimum absolute atomic E-state index is 0.243. The molecule has 1 N–H and O–H groups in total. The first kappa shape index (κ1) is 21.2. The van der Waals surface area contributed by atoms with Gasteiger partial charge in [0.05, 0.1) is 18.2 Å². The molecule has 0 heterocycles. The molecule has 0 fully saturated rings. The molecule has 0 bridgehead atoms. The third kappa shape index (κ3) is 5.19. The second-order valence-corrected chi connectivity index (χ2v) is 6.50. The van der Waals surface area contributed by atoms with Crippen LogP contribution >= 0.6 is 0 Å². The third-order valence-corrected chi connectivity index (χ3v) is 4.56. The van der Waals surface area contributed by atoms with Crippen molar-refractivity contribution in [3.05, 3.63) is 65.2 Å². The van der Waals surface area contributed by atoms with Crippen molar-refractivity contribution in [2.24, 2.45) is 0 Å². The van der Waals surface area contributed by atoms with E-state index < -0.39 is 23.9 Å². The number of hydrogen-bond acceptors (Lipinski definition) is 5. The fourth-order valence-electron chi connectivity index (χ4n) is 2.64. The molecule has 0 saturated heterocycles. The fraction of sp³-hybridized carbons (Fsp3) is 0.318. The van der Waals surface area contributed by atoms with E-state index in [9.17, 15) is 14.4 Å². The summed E-state index contributed by atoms with van der Waals surface area (Å²) in [7, 11) is 1.28. The van der Waals surface area contributed by atoms with Gasteiger partial charge in [0.1, 0.15) is 0 Å². The van der Waals surface area contributed by atoms with E-state index in [0.717, 1.165) is 12.0 Å². The van der Waals surface area contributed by atoms with E-state index in [1.165, 1.54) is 38.3 Å². The van der Waals surface area contributed by atoms with Gasteiger partial charge in [0.15, 0.2) is 6.10 Å². The second kappa shape index (κ2) is 9.69. The molecular weight excluding hydrogens is 358 g/mol. The average molecular weight is 383 g/mol. The number of amides is 1. The largest absolute Gasteiger partial charge is 0.465 e. The summed E-state index contributed by atoms with van der Waals surface area (Å²) < 4.78 is 9.87. The van der Waals surface area contributed by atoms with Crippen LogP contribution in [0.4, 0.5) is 5.69 Å². The van der Waals surface area contributed by atoms with Crippen LogP contribution in [0.2, 0.25) is 0 Å². The van der Waals surface area contributed by atoms with Crippen molar-refractivity contribution >= 4 is 23.5 Å². The highest BCUT2D eigenvalue weighted by molar-refractivity contribution is 5.98. The normalized spacial score (nSPS) is 12.6. The summed E-state index contributed by atoms with van der Waals surface area (Å²) >= 11 is 0. The molecule has 0 aliphatic carbocycles. The summed E-state index contributed by atoms with van der Waals surface area (Å²) in [5, 5.41) is 2.84. The first-order valence-electron chi connectivity index (χ1n) is 9.16. The maximum Gasteiger partial charge on any atom is 0.338 e. The Kier molecular flexibility index (Phi) is 7.32. The number of ether oxygens (including phenoxy) is 2. The molecule has 28 heavy (non-hydrogen) atoms. The molecule has 0 aliphatic rings. The van der Waals surface area contributed by atoms with Gasteiger partial charge in [0.2, 0.25) is 0 Å². The first-order valence-corrected chi connectivity index (χ1v) is 9.16. The minimum Gasteiger partial charge on any atom is -0.465 e. The molecule has 0 spiro atoms. The Morgan fingerprint density at radius 2 is 1.50 bits per heavy atom. The lowest BCUT2D eigenvalue weighted by Gasteiger charge is -2.18. The van der Waals surface area contributed by atoms with Crippen LogP contribution in [0.5, 0.6) is 0 Å². The number of rotatable bonds is 7. The van der Waals surface area contributed by atoms with Crippen molar-refractivity contribution < 1.29 is 23.9 Å².